The fraction of sp³-hybridized carbons (Fsp3) is 0.929. The van der Waals surface area contributed by atoms with Gasteiger partial charge in [-0.25, -0.2) is 0 Å². The van der Waals surface area contributed by atoms with Gasteiger partial charge in [0.1, 0.15) is 0 Å². The molecule has 17 heavy (non-hydrogen) atoms. The van der Waals surface area contributed by atoms with Gasteiger partial charge in [-0.05, 0) is 53.4 Å². The number of rotatable bonds is 4. The minimum atomic E-state index is -0.542. The van der Waals surface area contributed by atoms with E-state index in [2.05, 4.69) is 12.2 Å². The van der Waals surface area contributed by atoms with E-state index in [1.54, 1.807) is 0 Å². The summed E-state index contributed by atoms with van der Waals surface area (Å²) in [5.74, 6) is 0.722. The summed E-state index contributed by atoms with van der Waals surface area (Å²) >= 11 is 0. The van der Waals surface area contributed by atoms with Gasteiger partial charge in [0.05, 0.1) is 5.41 Å². The van der Waals surface area contributed by atoms with Gasteiger partial charge in [-0.1, -0.05) is 12.8 Å². The average molecular weight is 240 g/mol. The minimum absolute atomic E-state index is 0.0735. The summed E-state index contributed by atoms with van der Waals surface area (Å²) < 4.78 is 0. The Morgan fingerprint density at radius 1 is 1.24 bits per heavy atom. The van der Waals surface area contributed by atoms with Gasteiger partial charge in [-0.2, -0.15) is 0 Å². The molecule has 100 valence electrons. The van der Waals surface area contributed by atoms with E-state index in [1.807, 2.05) is 27.7 Å². The van der Waals surface area contributed by atoms with Crippen molar-refractivity contribution in [2.24, 2.45) is 17.1 Å². The van der Waals surface area contributed by atoms with E-state index < -0.39 is 11.0 Å². The van der Waals surface area contributed by atoms with Crippen LogP contribution in [0.15, 0.2) is 0 Å². The molecule has 1 saturated carbocycles. The Balaban J connectivity index is 2.59. The summed E-state index contributed by atoms with van der Waals surface area (Å²) in [6.07, 6.45) is 5.09. The molecule has 1 aliphatic rings. The molecule has 0 aliphatic heterocycles. The van der Waals surface area contributed by atoms with Crippen LogP contribution in [-0.2, 0) is 4.79 Å². The summed E-state index contributed by atoms with van der Waals surface area (Å²) in [6.45, 7) is 9.78. The van der Waals surface area contributed by atoms with Crippen LogP contribution in [0.3, 0.4) is 0 Å². The van der Waals surface area contributed by atoms with E-state index in [0.29, 0.717) is 5.92 Å². The number of nitrogens with one attached hydrogen (secondary N) is 1. The maximum absolute atomic E-state index is 12.3. The predicted octanol–water partition coefficient (Wildman–Crippen LogP) is 2.44. The molecule has 1 amide bonds. The lowest BCUT2D eigenvalue weighted by molar-refractivity contribution is -0.133. The van der Waals surface area contributed by atoms with E-state index in [4.69, 9.17) is 5.73 Å². The van der Waals surface area contributed by atoms with Crippen molar-refractivity contribution in [3.8, 4) is 0 Å². The van der Waals surface area contributed by atoms with E-state index in [-0.39, 0.29) is 11.9 Å². The molecular weight excluding hydrogens is 212 g/mol. The topological polar surface area (TPSA) is 55.1 Å². The highest BCUT2D eigenvalue weighted by Crippen LogP contribution is 2.31. The molecule has 0 heterocycles. The number of amides is 1. The maximum Gasteiger partial charge on any atom is 0.227 e. The maximum atomic E-state index is 12.3. The molecule has 0 radical (unpaired) electrons. The van der Waals surface area contributed by atoms with Gasteiger partial charge >= 0.3 is 0 Å². The van der Waals surface area contributed by atoms with E-state index in [0.717, 1.165) is 0 Å². The van der Waals surface area contributed by atoms with Crippen LogP contribution in [0.1, 0.15) is 60.3 Å². The van der Waals surface area contributed by atoms with Crippen LogP contribution in [0.2, 0.25) is 0 Å². The molecule has 1 fully saturated rings. The molecule has 1 unspecified atom stereocenters. The first-order valence-corrected chi connectivity index (χ1v) is 6.76. The largest absolute Gasteiger partial charge is 0.353 e. The molecule has 0 aromatic heterocycles. The molecule has 0 aromatic carbocycles. The van der Waals surface area contributed by atoms with Gasteiger partial charge in [0.15, 0.2) is 0 Å². The Bertz CT molecular complexity index is 272. The number of hydrogen-bond donors (Lipinski definition) is 2. The van der Waals surface area contributed by atoms with Crippen molar-refractivity contribution in [2.75, 3.05) is 0 Å². The zero-order valence-electron chi connectivity index (χ0n) is 12.0. The van der Waals surface area contributed by atoms with Gasteiger partial charge in [-0.15, -0.1) is 0 Å². The molecule has 1 atom stereocenters. The molecule has 3 nitrogen and oxygen atoms in total. The predicted molar refractivity (Wildman–Crippen MR) is 71.6 cm³/mol. The Morgan fingerprint density at radius 2 is 1.71 bits per heavy atom. The Labute approximate surface area is 106 Å². The second kappa shape index (κ2) is 4.97. The van der Waals surface area contributed by atoms with E-state index in [9.17, 15) is 4.79 Å². The van der Waals surface area contributed by atoms with Crippen LogP contribution in [0.5, 0.6) is 0 Å². The second-order valence-corrected chi connectivity index (χ2v) is 6.65. The number of carbonyl (C=O) groups is 1. The van der Waals surface area contributed by atoms with Crippen molar-refractivity contribution in [2.45, 2.75) is 71.9 Å². The fourth-order valence-electron chi connectivity index (χ4n) is 2.26. The van der Waals surface area contributed by atoms with Crippen molar-refractivity contribution >= 4 is 5.91 Å². The van der Waals surface area contributed by atoms with Crippen molar-refractivity contribution in [3.05, 3.63) is 0 Å². The van der Waals surface area contributed by atoms with Crippen molar-refractivity contribution in [1.29, 1.82) is 0 Å². The Hall–Kier alpha value is -0.570. The van der Waals surface area contributed by atoms with E-state index in [1.165, 1.54) is 25.7 Å². The average Bonchev–Trinajstić information content (AvgIpc) is 2.68. The minimum Gasteiger partial charge on any atom is -0.353 e. The summed E-state index contributed by atoms with van der Waals surface area (Å²) in [5, 5.41) is 3.15. The molecule has 1 rings (SSSR count). The van der Waals surface area contributed by atoms with Crippen LogP contribution in [-0.4, -0.2) is 17.5 Å². The fourth-order valence-corrected chi connectivity index (χ4v) is 2.26. The van der Waals surface area contributed by atoms with Gasteiger partial charge in [-0.3, -0.25) is 4.79 Å². The van der Waals surface area contributed by atoms with Crippen LogP contribution < -0.4 is 11.1 Å². The monoisotopic (exact) mass is 240 g/mol. The molecule has 3 heteroatoms. The molecular formula is C14H28N2O. The summed E-state index contributed by atoms with van der Waals surface area (Å²) in [7, 11) is 0. The van der Waals surface area contributed by atoms with Gasteiger partial charge in [0, 0.05) is 11.6 Å². The molecule has 0 spiro atoms. The zero-order chi connectivity index (χ0) is 13.3. The third-order valence-corrected chi connectivity index (χ3v) is 4.64. The highest BCUT2D eigenvalue weighted by Gasteiger charge is 2.41. The molecule has 0 aromatic rings. The van der Waals surface area contributed by atoms with Crippen LogP contribution >= 0.6 is 0 Å². The lowest BCUT2D eigenvalue weighted by Crippen LogP contribution is -2.57. The van der Waals surface area contributed by atoms with Gasteiger partial charge in [0.25, 0.3) is 0 Å². The number of hydrogen-bond acceptors (Lipinski definition) is 2. The molecule has 3 N–H and O–H groups in total. The van der Waals surface area contributed by atoms with Crippen molar-refractivity contribution in [1.82, 2.24) is 5.32 Å². The zero-order valence-corrected chi connectivity index (χ0v) is 12.0. The molecule has 1 aliphatic carbocycles. The highest BCUT2D eigenvalue weighted by atomic mass is 16.2. The number of nitrogens with two attached hydrogens (primary N) is 1. The normalized spacial score (nSPS) is 20.4. The van der Waals surface area contributed by atoms with Crippen LogP contribution in [0.25, 0.3) is 0 Å². The summed E-state index contributed by atoms with van der Waals surface area (Å²) in [6, 6.07) is 0.270. The Morgan fingerprint density at radius 3 is 2.12 bits per heavy atom. The Kier molecular flexibility index (Phi) is 4.23. The first-order chi connectivity index (χ1) is 7.66. The van der Waals surface area contributed by atoms with E-state index >= 15 is 0 Å². The van der Waals surface area contributed by atoms with Crippen LogP contribution in [0.4, 0.5) is 0 Å². The quantitative estimate of drug-likeness (QED) is 0.793. The number of carbonyl (C=O) groups excluding carboxylic acids is 1. The van der Waals surface area contributed by atoms with Crippen LogP contribution in [0, 0.1) is 11.3 Å². The highest BCUT2D eigenvalue weighted by molar-refractivity contribution is 5.83. The second-order valence-electron chi connectivity index (χ2n) is 6.65. The summed E-state index contributed by atoms with van der Waals surface area (Å²) in [5.41, 5.74) is 5.03. The molecule has 0 bridgehead atoms. The SMILES string of the molecule is CC(NC(=O)C(C)(C)C(C)(C)N)C1CCCC1. The first kappa shape index (κ1) is 14.5. The third kappa shape index (κ3) is 3.21. The van der Waals surface area contributed by atoms with Crippen molar-refractivity contribution < 1.29 is 4.79 Å². The standard InChI is InChI=1S/C14H28N2O/c1-10(11-8-6-7-9-11)16-12(17)13(2,3)14(4,5)15/h10-11H,6-9,15H2,1-5H3,(H,16,17). The lowest BCUT2D eigenvalue weighted by atomic mass is 9.74. The van der Waals surface area contributed by atoms with Crippen molar-refractivity contribution in [3.63, 3.8) is 0 Å². The third-order valence-electron chi connectivity index (χ3n) is 4.64. The van der Waals surface area contributed by atoms with Gasteiger partial charge < -0.3 is 11.1 Å². The summed E-state index contributed by atoms with van der Waals surface area (Å²) in [4.78, 5) is 12.3. The first-order valence-electron chi connectivity index (χ1n) is 6.76. The lowest BCUT2D eigenvalue weighted by Gasteiger charge is -2.38. The van der Waals surface area contributed by atoms with Gasteiger partial charge in [0.2, 0.25) is 5.91 Å². The smallest absolute Gasteiger partial charge is 0.227 e. The molecule has 0 saturated heterocycles.